The number of nitrogens with one attached hydrogen (secondary N) is 4. The molecule has 0 aliphatic carbocycles. The highest BCUT2D eigenvalue weighted by atomic mass is 19.4. The van der Waals surface area contributed by atoms with E-state index in [0.29, 0.717) is 31.5 Å². The molecule has 2 aromatic rings. The normalized spacial score (nSPS) is 11.6. The number of hydrogen-bond acceptors (Lipinski definition) is 6. The highest BCUT2D eigenvalue weighted by Crippen LogP contribution is 2.24. The SMILES string of the molecule is CCCNC(=O)NCCCCC(=O)NCC(=O)NC(CC(=O)OC(=O)C(F)(F)F)c1ccc(-c2ccccc2)cc1. The van der Waals surface area contributed by atoms with Crippen LogP contribution < -0.4 is 21.3 Å². The third kappa shape index (κ3) is 12.5. The van der Waals surface area contributed by atoms with Gasteiger partial charge in [-0.1, -0.05) is 61.5 Å². The number of urea groups is 1. The van der Waals surface area contributed by atoms with E-state index in [-0.39, 0.29) is 12.5 Å². The van der Waals surface area contributed by atoms with Gasteiger partial charge in [-0.2, -0.15) is 13.2 Å². The smallest absolute Gasteiger partial charge is 0.386 e. The third-order valence-corrected chi connectivity index (χ3v) is 5.66. The molecule has 4 N–H and O–H groups in total. The second-order valence-corrected chi connectivity index (χ2v) is 8.99. The lowest BCUT2D eigenvalue weighted by atomic mass is 9.99. The molecule has 0 aromatic heterocycles. The van der Waals surface area contributed by atoms with Crippen molar-refractivity contribution < 1.29 is 41.9 Å². The van der Waals surface area contributed by atoms with Gasteiger partial charge in [-0.05, 0) is 36.0 Å². The summed E-state index contributed by atoms with van der Waals surface area (Å²) in [5.41, 5.74) is 2.09. The standard InChI is InChI=1S/C28H33F3N4O6/c1-2-15-32-27(40)33-16-7-6-10-23(36)34-18-24(37)35-22(17-25(38)41-26(39)28(29,30)31)21-13-11-20(12-14-21)19-8-4-3-5-9-19/h3-5,8-9,11-14,22H,2,6-7,10,15-18H2,1H3,(H,34,36)(H,35,37)(H2,32,33,40). The molecule has 0 aliphatic heterocycles. The zero-order valence-corrected chi connectivity index (χ0v) is 22.5. The van der Waals surface area contributed by atoms with Gasteiger partial charge in [0.1, 0.15) is 0 Å². The fourth-order valence-corrected chi connectivity index (χ4v) is 3.59. The second kappa shape index (κ2) is 16.6. The van der Waals surface area contributed by atoms with Gasteiger partial charge >= 0.3 is 24.1 Å². The number of esters is 2. The van der Waals surface area contributed by atoms with Gasteiger partial charge in [0.05, 0.1) is 19.0 Å². The van der Waals surface area contributed by atoms with Crippen LogP contribution in [0, 0.1) is 0 Å². The van der Waals surface area contributed by atoms with E-state index in [0.717, 1.165) is 17.5 Å². The van der Waals surface area contributed by atoms with Gasteiger partial charge in [0, 0.05) is 19.5 Å². The van der Waals surface area contributed by atoms with Crippen molar-refractivity contribution >= 4 is 29.8 Å². The van der Waals surface area contributed by atoms with Crippen LogP contribution in [-0.2, 0) is 23.9 Å². The summed E-state index contributed by atoms with van der Waals surface area (Å²) in [5.74, 6) is -5.27. The fraction of sp³-hybridized carbons (Fsp3) is 0.393. The molecule has 222 valence electrons. The Labute approximate surface area is 235 Å². The topological polar surface area (TPSA) is 143 Å². The predicted molar refractivity (Wildman–Crippen MR) is 143 cm³/mol. The molecule has 1 unspecified atom stereocenters. The van der Waals surface area contributed by atoms with Crippen LogP contribution in [0.4, 0.5) is 18.0 Å². The highest BCUT2D eigenvalue weighted by molar-refractivity contribution is 5.89. The van der Waals surface area contributed by atoms with Crippen molar-refractivity contribution in [3.8, 4) is 11.1 Å². The van der Waals surface area contributed by atoms with Gasteiger partial charge in [-0.25, -0.2) is 9.59 Å². The van der Waals surface area contributed by atoms with Crippen LogP contribution in [0.2, 0.25) is 0 Å². The molecular formula is C28H33F3N4O6. The molecule has 13 heteroatoms. The molecule has 2 aromatic carbocycles. The van der Waals surface area contributed by atoms with Gasteiger partial charge in [0.15, 0.2) is 0 Å². The number of amides is 4. The number of halogens is 3. The van der Waals surface area contributed by atoms with E-state index in [9.17, 15) is 37.1 Å². The third-order valence-electron chi connectivity index (χ3n) is 5.66. The van der Waals surface area contributed by atoms with Crippen LogP contribution in [0.5, 0.6) is 0 Å². The summed E-state index contributed by atoms with van der Waals surface area (Å²) < 4.78 is 41.4. The molecule has 41 heavy (non-hydrogen) atoms. The minimum atomic E-state index is -5.35. The van der Waals surface area contributed by atoms with E-state index in [1.165, 1.54) is 0 Å². The lowest BCUT2D eigenvalue weighted by molar-refractivity contribution is -0.202. The molecule has 0 saturated carbocycles. The average molecular weight is 579 g/mol. The van der Waals surface area contributed by atoms with Crippen LogP contribution in [0.3, 0.4) is 0 Å². The number of carbonyl (C=O) groups excluding carboxylic acids is 5. The van der Waals surface area contributed by atoms with Gasteiger partial charge in [0.2, 0.25) is 11.8 Å². The molecule has 0 aliphatic rings. The molecule has 0 bridgehead atoms. The quantitative estimate of drug-likeness (QED) is 0.154. The molecule has 0 radical (unpaired) electrons. The number of alkyl halides is 3. The van der Waals surface area contributed by atoms with Crippen LogP contribution >= 0.6 is 0 Å². The molecular weight excluding hydrogens is 545 g/mol. The first kappa shape index (κ1) is 32.8. The second-order valence-electron chi connectivity index (χ2n) is 8.99. The number of unbranched alkanes of at least 4 members (excludes halogenated alkanes) is 1. The first-order valence-corrected chi connectivity index (χ1v) is 13.0. The summed E-state index contributed by atoms with van der Waals surface area (Å²) in [6.45, 7) is 2.41. The Morgan fingerprint density at radius 3 is 2.07 bits per heavy atom. The van der Waals surface area contributed by atoms with Gasteiger partial charge in [-0.15, -0.1) is 0 Å². The summed E-state index contributed by atoms with van der Waals surface area (Å²) >= 11 is 0. The summed E-state index contributed by atoms with van der Waals surface area (Å²) in [7, 11) is 0. The monoisotopic (exact) mass is 578 g/mol. The zero-order valence-electron chi connectivity index (χ0n) is 22.5. The number of benzene rings is 2. The van der Waals surface area contributed by atoms with E-state index in [1.807, 2.05) is 37.3 Å². The maximum atomic E-state index is 12.5. The van der Waals surface area contributed by atoms with Crippen molar-refractivity contribution in [3.05, 3.63) is 60.2 Å². The first-order valence-electron chi connectivity index (χ1n) is 13.0. The van der Waals surface area contributed by atoms with E-state index < -0.39 is 48.9 Å². The maximum absolute atomic E-state index is 12.5. The van der Waals surface area contributed by atoms with Crippen molar-refractivity contribution in [1.82, 2.24) is 21.3 Å². The Kier molecular flexibility index (Phi) is 13.3. The zero-order chi connectivity index (χ0) is 30.3. The lowest BCUT2D eigenvalue weighted by Gasteiger charge is -2.19. The Balaban J connectivity index is 1.93. The van der Waals surface area contributed by atoms with Crippen molar-refractivity contribution in [2.24, 2.45) is 0 Å². The average Bonchev–Trinajstić information content (AvgIpc) is 2.94. The lowest BCUT2D eigenvalue weighted by Crippen LogP contribution is -2.39. The van der Waals surface area contributed by atoms with Crippen LogP contribution in [0.15, 0.2) is 54.6 Å². The first-order chi connectivity index (χ1) is 19.5. The van der Waals surface area contributed by atoms with Crippen molar-refractivity contribution in [2.75, 3.05) is 19.6 Å². The number of ether oxygens (including phenoxy) is 1. The Morgan fingerprint density at radius 2 is 1.44 bits per heavy atom. The Morgan fingerprint density at radius 1 is 0.805 bits per heavy atom. The Bertz CT molecular complexity index is 1170. The van der Waals surface area contributed by atoms with Gasteiger partial charge in [0.25, 0.3) is 0 Å². The van der Waals surface area contributed by atoms with Crippen molar-refractivity contribution in [1.29, 1.82) is 0 Å². The minimum Gasteiger partial charge on any atom is -0.386 e. The largest absolute Gasteiger partial charge is 0.491 e. The molecule has 10 nitrogen and oxygen atoms in total. The molecule has 0 heterocycles. The predicted octanol–water partition coefficient (Wildman–Crippen LogP) is 3.53. The summed E-state index contributed by atoms with van der Waals surface area (Å²) in [4.78, 5) is 59.3. The molecule has 1 atom stereocenters. The summed E-state index contributed by atoms with van der Waals surface area (Å²) in [5, 5.41) is 10.2. The molecule has 4 amide bonds. The van der Waals surface area contributed by atoms with Crippen LogP contribution in [0.25, 0.3) is 11.1 Å². The number of hydrogen-bond donors (Lipinski definition) is 4. The van der Waals surface area contributed by atoms with Crippen molar-refractivity contribution in [3.63, 3.8) is 0 Å². The van der Waals surface area contributed by atoms with Gasteiger partial charge in [-0.3, -0.25) is 14.4 Å². The van der Waals surface area contributed by atoms with Crippen molar-refractivity contribution in [2.45, 2.75) is 51.2 Å². The molecule has 0 fully saturated rings. The van der Waals surface area contributed by atoms with E-state index >= 15 is 0 Å². The number of carbonyl (C=O) groups is 5. The maximum Gasteiger partial charge on any atom is 0.491 e. The Hall–Kier alpha value is -4.42. The van der Waals surface area contributed by atoms with Gasteiger partial charge < -0.3 is 26.0 Å². The van der Waals surface area contributed by atoms with Crippen LogP contribution in [-0.4, -0.2) is 55.6 Å². The summed E-state index contributed by atoms with van der Waals surface area (Å²) in [6, 6.07) is 14.4. The molecule has 0 spiro atoms. The molecule has 2 rings (SSSR count). The van der Waals surface area contributed by atoms with E-state index in [4.69, 9.17) is 0 Å². The van der Waals surface area contributed by atoms with E-state index in [2.05, 4.69) is 26.0 Å². The fourth-order valence-electron chi connectivity index (χ4n) is 3.59. The van der Waals surface area contributed by atoms with E-state index in [1.54, 1.807) is 24.3 Å². The molecule has 0 saturated heterocycles. The highest BCUT2D eigenvalue weighted by Gasteiger charge is 2.42. The summed E-state index contributed by atoms with van der Waals surface area (Å²) in [6.07, 6.45) is -4.21. The minimum absolute atomic E-state index is 0.0990. The number of rotatable bonds is 14. The van der Waals surface area contributed by atoms with Crippen LogP contribution in [0.1, 0.15) is 50.6 Å².